The monoisotopic (exact) mass is 441 g/mol. The number of hydrogen-bond acceptors (Lipinski definition) is 7. The summed E-state index contributed by atoms with van der Waals surface area (Å²) in [6, 6.07) is 11.7. The van der Waals surface area contributed by atoms with Crippen molar-refractivity contribution in [2.24, 2.45) is 0 Å². The molecule has 164 valence electrons. The molecule has 0 fully saturated rings. The smallest absolute Gasteiger partial charge is 0.222 e. The van der Waals surface area contributed by atoms with E-state index in [4.69, 9.17) is 10.5 Å². The summed E-state index contributed by atoms with van der Waals surface area (Å²) >= 11 is 0. The second kappa shape index (κ2) is 8.54. The SMILES string of the molecule is CCc1c[nH]c2nccc(Oc3ccc(Nc4cc(-c5ccncc5)nc(N)n4)cc3F)c12. The van der Waals surface area contributed by atoms with Crippen LogP contribution in [-0.2, 0) is 6.42 Å². The lowest BCUT2D eigenvalue weighted by Crippen LogP contribution is -2.02. The van der Waals surface area contributed by atoms with E-state index < -0.39 is 5.82 Å². The van der Waals surface area contributed by atoms with Crippen LogP contribution in [-0.4, -0.2) is 24.9 Å². The van der Waals surface area contributed by atoms with Crippen LogP contribution in [0.1, 0.15) is 12.5 Å². The van der Waals surface area contributed by atoms with Crippen molar-refractivity contribution >= 4 is 28.5 Å². The van der Waals surface area contributed by atoms with E-state index in [2.05, 4.69) is 30.2 Å². The first-order valence-corrected chi connectivity index (χ1v) is 10.3. The molecule has 4 aromatic heterocycles. The van der Waals surface area contributed by atoms with Crippen LogP contribution in [0.25, 0.3) is 22.3 Å². The Labute approximate surface area is 188 Å². The van der Waals surface area contributed by atoms with Crippen molar-refractivity contribution in [3.63, 3.8) is 0 Å². The van der Waals surface area contributed by atoms with E-state index in [0.717, 1.165) is 22.9 Å². The predicted molar refractivity (Wildman–Crippen MR) is 125 cm³/mol. The number of aryl methyl sites for hydroxylation is 1. The zero-order valence-corrected chi connectivity index (χ0v) is 17.7. The Morgan fingerprint density at radius 1 is 1.03 bits per heavy atom. The number of anilines is 3. The van der Waals surface area contributed by atoms with Crippen molar-refractivity contribution in [3.05, 3.63) is 78.6 Å². The maximum atomic E-state index is 14.9. The molecule has 0 spiro atoms. The number of nitrogens with zero attached hydrogens (tertiary/aromatic N) is 4. The van der Waals surface area contributed by atoms with Gasteiger partial charge >= 0.3 is 0 Å². The third kappa shape index (κ3) is 4.16. The average molecular weight is 441 g/mol. The van der Waals surface area contributed by atoms with E-state index in [9.17, 15) is 4.39 Å². The summed E-state index contributed by atoms with van der Waals surface area (Å²) in [5.41, 5.74) is 9.60. The van der Waals surface area contributed by atoms with Crippen LogP contribution in [0.2, 0.25) is 0 Å². The van der Waals surface area contributed by atoms with Gasteiger partial charge in [-0.05, 0) is 42.3 Å². The molecule has 0 radical (unpaired) electrons. The summed E-state index contributed by atoms with van der Waals surface area (Å²) in [6.07, 6.45) is 7.66. The number of aromatic amines is 1. The number of aromatic nitrogens is 5. The molecule has 4 N–H and O–H groups in total. The normalized spacial score (nSPS) is 11.0. The van der Waals surface area contributed by atoms with Gasteiger partial charge in [0, 0.05) is 48.2 Å². The number of nitrogens with one attached hydrogen (secondary N) is 2. The van der Waals surface area contributed by atoms with Gasteiger partial charge in [0.25, 0.3) is 0 Å². The van der Waals surface area contributed by atoms with Crippen LogP contribution in [0, 0.1) is 5.82 Å². The molecule has 33 heavy (non-hydrogen) atoms. The minimum atomic E-state index is -0.519. The lowest BCUT2D eigenvalue weighted by Gasteiger charge is -2.12. The molecule has 0 aliphatic heterocycles. The van der Waals surface area contributed by atoms with Gasteiger partial charge in [-0.3, -0.25) is 4.98 Å². The molecule has 0 saturated carbocycles. The summed E-state index contributed by atoms with van der Waals surface area (Å²) in [7, 11) is 0. The number of benzene rings is 1. The molecular formula is C24H20FN7O. The van der Waals surface area contributed by atoms with Gasteiger partial charge in [-0.25, -0.2) is 14.4 Å². The molecule has 0 saturated heterocycles. The minimum absolute atomic E-state index is 0.104. The highest BCUT2D eigenvalue weighted by Gasteiger charge is 2.13. The summed E-state index contributed by atoms with van der Waals surface area (Å²) in [6.45, 7) is 2.04. The number of halogens is 1. The van der Waals surface area contributed by atoms with Crippen LogP contribution < -0.4 is 15.8 Å². The molecule has 0 atom stereocenters. The van der Waals surface area contributed by atoms with Crippen molar-refractivity contribution in [2.75, 3.05) is 11.1 Å². The summed E-state index contributed by atoms with van der Waals surface area (Å²) in [5.74, 6) is 0.680. The Hall–Kier alpha value is -4.53. The average Bonchev–Trinajstić information content (AvgIpc) is 3.25. The van der Waals surface area contributed by atoms with Gasteiger partial charge < -0.3 is 20.8 Å². The van der Waals surface area contributed by atoms with Crippen molar-refractivity contribution in [1.29, 1.82) is 0 Å². The lowest BCUT2D eigenvalue weighted by molar-refractivity contribution is 0.446. The van der Waals surface area contributed by atoms with Crippen molar-refractivity contribution in [2.45, 2.75) is 13.3 Å². The number of H-pyrrole nitrogens is 1. The van der Waals surface area contributed by atoms with Gasteiger partial charge in [0.1, 0.15) is 17.2 Å². The molecule has 0 aliphatic carbocycles. The second-order valence-corrected chi connectivity index (χ2v) is 7.30. The van der Waals surface area contributed by atoms with Gasteiger partial charge in [0.2, 0.25) is 5.95 Å². The molecular weight excluding hydrogens is 421 g/mol. The molecule has 0 aliphatic rings. The minimum Gasteiger partial charge on any atom is -0.453 e. The summed E-state index contributed by atoms with van der Waals surface area (Å²) < 4.78 is 20.8. The van der Waals surface area contributed by atoms with E-state index in [1.54, 1.807) is 42.9 Å². The van der Waals surface area contributed by atoms with E-state index in [1.165, 1.54) is 6.07 Å². The number of pyridine rings is 2. The van der Waals surface area contributed by atoms with E-state index >= 15 is 0 Å². The number of nitrogen functional groups attached to an aromatic ring is 1. The van der Waals surface area contributed by atoms with Crippen LogP contribution in [0.5, 0.6) is 11.5 Å². The highest BCUT2D eigenvalue weighted by Crippen LogP contribution is 2.34. The lowest BCUT2D eigenvalue weighted by atomic mass is 10.1. The molecule has 1 aromatic carbocycles. The molecule has 0 bridgehead atoms. The molecule has 5 rings (SSSR count). The van der Waals surface area contributed by atoms with Crippen LogP contribution in [0.3, 0.4) is 0 Å². The summed E-state index contributed by atoms with van der Waals surface area (Å²) in [5, 5.41) is 3.92. The number of ether oxygens (including phenoxy) is 1. The van der Waals surface area contributed by atoms with Crippen LogP contribution in [0.15, 0.2) is 67.3 Å². The van der Waals surface area contributed by atoms with Gasteiger partial charge in [-0.1, -0.05) is 6.92 Å². The first-order chi connectivity index (χ1) is 16.1. The van der Waals surface area contributed by atoms with Crippen LogP contribution >= 0.6 is 0 Å². The summed E-state index contributed by atoms with van der Waals surface area (Å²) in [4.78, 5) is 19.9. The first-order valence-electron chi connectivity index (χ1n) is 10.3. The number of nitrogens with two attached hydrogens (primary N) is 1. The Balaban J connectivity index is 1.41. The van der Waals surface area contributed by atoms with Gasteiger partial charge in [-0.15, -0.1) is 0 Å². The maximum absolute atomic E-state index is 14.9. The van der Waals surface area contributed by atoms with Gasteiger partial charge in [0.05, 0.1) is 11.1 Å². The van der Waals surface area contributed by atoms with E-state index in [-0.39, 0.29) is 11.7 Å². The Morgan fingerprint density at radius 3 is 2.67 bits per heavy atom. The largest absolute Gasteiger partial charge is 0.453 e. The Morgan fingerprint density at radius 2 is 1.88 bits per heavy atom. The highest BCUT2D eigenvalue weighted by atomic mass is 19.1. The van der Waals surface area contributed by atoms with Gasteiger partial charge in [-0.2, -0.15) is 4.98 Å². The third-order valence-electron chi connectivity index (χ3n) is 5.14. The predicted octanol–water partition coefficient (Wildman–Crippen LogP) is 5.23. The first kappa shape index (κ1) is 20.4. The standard InChI is InChI=1S/C24H20FN7O/c1-2-14-13-29-23-22(14)20(7-10-28-23)33-19-4-3-16(11-17(19)25)30-21-12-18(31-24(26)32-21)15-5-8-27-9-6-15/h3-13H,2H2,1H3,(H,28,29)(H3,26,30,31,32). The second-order valence-electron chi connectivity index (χ2n) is 7.30. The van der Waals surface area contributed by atoms with E-state index in [0.29, 0.717) is 28.6 Å². The Kier molecular flexibility index (Phi) is 5.27. The molecule has 5 aromatic rings. The molecule has 0 amide bonds. The Bertz CT molecular complexity index is 1440. The zero-order chi connectivity index (χ0) is 22.8. The highest BCUT2D eigenvalue weighted by molar-refractivity contribution is 5.86. The third-order valence-corrected chi connectivity index (χ3v) is 5.14. The zero-order valence-electron chi connectivity index (χ0n) is 17.7. The molecule has 8 nitrogen and oxygen atoms in total. The fourth-order valence-electron chi connectivity index (χ4n) is 3.58. The van der Waals surface area contributed by atoms with Crippen molar-refractivity contribution in [1.82, 2.24) is 24.9 Å². The van der Waals surface area contributed by atoms with Gasteiger partial charge in [0.15, 0.2) is 11.6 Å². The fraction of sp³-hybridized carbons (Fsp3) is 0.0833. The quantitative estimate of drug-likeness (QED) is 0.330. The fourth-order valence-corrected chi connectivity index (χ4v) is 3.58. The van der Waals surface area contributed by atoms with E-state index in [1.807, 2.05) is 25.3 Å². The molecule has 4 heterocycles. The number of fused-ring (bicyclic) bond motifs is 1. The molecule has 9 heteroatoms. The van der Waals surface area contributed by atoms with Crippen LogP contribution in [0.4, 0.5) is 21.8 Å². The van der Waals surface area contributed by atoms with Crippen molar-refractivity contribution < 1.29 is 9.13 Å². The maximum Gasteiger partial charge on any atom is 0.222 e. The molecule has 0 unspecified atom stereocenters. The van der Waals surface area contributed by atoms with Crippen molar-refractivity contribution in [3.8, 4) is 22.8 Å². The number of rotatable bonds is 6. The topological polar surface area (TPSA) is 115 Å². The number of hydrogen-bond donors (Lipinski definition) is 3.